The Bertz CT molecular complexity index is 838. The Hall–Kier alpha value is -3.10. The standard InChI is InChI=1S/C16H20N6O3/c1-23-12-9-11-13(15(25-3)14(12)24-2)18-10-19-16(11)17-5-4-7-22-8-6-20-21-22/h6,8-10H,4-5,7H2,1-3H3,(H,17,18,19). The predicted octanol–water partition coefficient (Wildman–Crippen LogP) is 1.75. The van der Waals surface area contributed by atoms with Crippen LogP contribution in [0.2, 0.25) is 0 Å². The summed E-state index contributed by atoms with van der Waals surface area (Å²) in [5.41, 5.74) is 0.661. The lowest BCUT2D eigenvalue weighted by molar-refractivity contribution is 0.327. The van der Waals surface area contributed by atoms with Crippen LogP contribution in [-0.2, 0) is 6.54 Å². The molecule has 132 valence electrons. The van der Waals surface area contributed by atoms with E-state index in [-0.39, 0.29) is 0 Å². The van der Waals surface area contributed by atoms with E-state index in [1.54, 1.807) is 32.2 Å². The van der Waals surface area contributed by atoms with E-state index < -0.39 is 0 Å². The van der Waals surface area contributed by atoms with E-state index in [9.17, 15) is 0 Å². The Labute approximate surface area is 144 Å². The van der Waals surface area contributed by atoms with Crippen molar-refractivity contribution < 1.29 is 14.2 Å². The normalized spacial score (nSPS) is 10.7. The molecule has 0 aliphatic rings. The summed E-state index contributed by atoms with van der Waals surface area (Å²) in [5, 5.41) is 11.9. The fourth-order valence-electron chi connectivity index (χ4n) is 2.60. The third kappa shape index (κ3) is 3.39. The van der Waals surface area contributed by atoms with E-state index in [1.165, 1.54) is 6.33 Å². The molecule has 0 atom stereocenters. The van der Waals surface area contributed by atoms with Gasteiger partial charge in [-0.25, -0.2) is 9.97 Å². The quantitative estimate of drug-likeness (QED) is 0.617. The highest BCUT2D eigenvalue weighted by Crippen LogP contribution is 2.43. The first kappa shape index (κ1) is 16.7. The van der Waals surface area contributed by atoms with Crippen molar-refractivity contribution >= 4 is 16.7 Å². The molecule has 0 aliphatic heterocycles. The second kappa shape index (κ2) is 7.65. The number of nitrogens with one attached hydrogen (secondary N) is 1. The van der Waals surface area contributed by atoms with Crippen LogP contribution in [0.25, 0.3) is 10.9 Å². The molecule has 0 radical (unpaired) electrons. The lowest BCUT2D eigenvalue weighted by Gasteiger charge is -2.15. The summed E-state index contributed by atoms with van der Waals surface area (Å²) < 4.78 is 18.1. The van der Waals surface area contributed by atoms with E-state index >= 15 is 0 Å². The van der Waals surface area contributed by atoms with E-state index in [4.69, 9.17) is 14.2 Å². The molecule has 9 nitrogen and oxygen atoms in total. The van der Waals surface area contributed by atoms with Gasteiger partial charge in [-0.1, -0.05) is 5.21 Å². The third-order valence-electron chi connectivity index (χ3n) is 3.76. The molecule has 2 aromatic heterocycles. The third-order valence-corrected chi connectivity index (χ3v) is 3.76. The number of methoxy groups -OCH3 is 3. The van der Waals surface area contributed by atoms with E-state index in [2.05, 4.69) is 25.6 Å². The number of benzene rings is 1. The molecule has 0 bridgehead atoms. The predicted molar refractivity (Wildman–Crippen MR) is 92.3 cm³/mol. The molecule has 0 saturated heterocycles. The first-order valence-corrected chi connectivity index (χ1v) is 7.80. The number of hydrogen-bond donors (Lipinski definition) is 1. The number of aromatic nitrogens is 5. The molecule has 9 heteroatoms. The monoisotopic (exact) mass is 344 g/mol. The van der Waals surface area contributed by atoms with E-state index in [0.717, 1.165) is 24.9 Å². The minimum Gasteiger partial charge on any atom is -0.493 e. The van der Waals surface area contributed by atoms with Gasteiger partial charge in [0.1, 0.15) is 17.7 Å². The zero-order valence-electron chi connectivity index (χ0n) is 14.4. The molecule has 25 heavy (non-hydrogen) atoms. The number of aryl methyl sites for hydroxylation is 1. The van der Waals surface area contributed by atoms with Crippen LogP contribution < -0.4 is 19.5 Å². The SMILES string of the molecule is COc1cc2c(NCCCn3ccnn3)ncnc2c(OC)c1OC. The van der Waals surface area contributed by atoms with Crippen molar-refractivity contribution in [3.63, 3.8) is 0 Å². The molecule has 1 aromatic carbocycles. The fraction of sp³-hybridized carbons (Fsp3) is 0.375. The van der Waals surface area contributed by atoms with Crippen molar-refractivity contribution in [1.29, 1.82) is 0 Å². The topological polar surface area (TPSA) is 96.2 Å². The first-order chi connectivity index (χ1) is 12.3. The van der Waals surface area contributed by atoms with Gasteiger partial charge in [0.25, 0.3) is 0 Å². The van der Waals surface area contributed by atoms with Crippen molar-refractivity contribution in [2.75, 3.05) is 33.2 Å². The lowest BCUT2D eigenvalue weighted by atomic mass is 10.2. The second-order valence-corrected chi connectivity index (χ2v) is 5.21. The minimum absolute atomic E-state index is 0.508. The molecule has 1 N–H and O–H groups in total. The molecule has 0 aliphatic carbocycles. The van der Waals surface area contributed by atoms with Crippen LogP contribution in [0.3, 0.4) is 0 Å². The number of fused-ring (bicyclic) bond motifs is 1. The van der Waals surface area contributed by atoms with Gasteiger partial charge in [-0.2, -0.15) is 0 Å². The van der Waals surface area contributed by atoms with Crippen molar-refractivity contribution in [3.8, 4) is 17.2 Å². The van der Waals surface area contributed by atoms with Crippen molar-refractivity contribution in [3.05, 3.63) is 24.8 Å². The Morgan fingerprint density at radius 2 is 1.92 bits per heavy atom. The summed E-state index contributed by atoms with van der Waals surface area (Å²) in [4.78, 5) is 8.67. The molecule has 0 unspecified atom stereocenters. The molecular formula is C16H20N6O3. The first-order valence-electron chi connectivity index (χ1n) is 7.80. The second-order valence-electron chi connectivity index (χ2n) is 5.21. The minimum atomic E-state index is 0.508. The number of rotatable bonds is 8. The van der Waals surface area contributed by atoms with Gasteiger partial charge >= 0.3 is 0 Å². The Kier molecular flexibility index (Phi) is 5.12. The molecule has 0 saturated carbocycles. The van der Waals surface area contributed by atoms with Crippen LogP contribution >= 0.6 is 0 Å². The maximum Gasteiger partial charge on any atom is 0.205 e. The average molecular weight is 344 g/mol. The van der Waals surface area contributed by atoms with Crippen molar-refractivity contribution in [1.82, 2.24) is 25.0 Å². The Morgan fingerprint density at radius 1 is 1.08 bits per heavy atom. The van der Waals surface area contributed by atoms with Crippen molar-refractivity contribution in [2.45, 2.75) is 13.0 Å². The molecule has 0 amide bonds. The van der Waals surface area contributed by atoms with Gasteiger partial charge in [-0.3, -0.25) is 4.68 Å². The summed E-state index contributed by atoms with van der Waals surface area (Å²) >= 11 is 0. The van der Waals surface area contributed by atoms with Crippen molar-refractivity contribution in [2.24, 2.45) is 0 Å². The van der Waals surface area contributed by atoms with Gasteiger partial charge in [-0.15, -0.1) is 5.10 Å². The van der Waals surface area contributed by atoms with E-state index in [1.807, 2.05) is 12.3 Å². The maximum absolute atomic E-state index is 5.48. The molecule has 3 rings (SSSR count). The maximum atomic E-state index is 5.48. The molecule has 0 spiro atoms. The smallest absolute Gasteiger partial charge is 0.205 e. The summed E-state index contributed by atoms with van der Waals surface area (Å²) in [7, 11) is 4.72. The lowest BCUT2D eigenvalue weighted by Crippen LogP contribution is -2.09. The Morgan fingerprint density at radius 3 is 2.60 bits per heavy atom. The van der Waals surface area contributed by atoms with Gasteiger partial charge in [0.15, 0.2) is 11.5 Å². The summed E-state index contributed by atoms with van der Waals surface area (Å²) in [5.74, 6) is 2.30. The average Bonchev–Trinajstić information content (AvgIpc) is 3.17. The van der Waals surface area contributed by atoms with Gasteiger partial charge in [-0.05, 0) is 12.5 Å². The number of hydrogen-bond acceptors (Lipinski definition) is 8. The van der Waals surface area contributed by atoms with Gasteiger partial charge in [0.2, 0.25) is 5.75 Å². The number of anilines is 1. The van der Waals surface area contributed by atoms with Crippen LogP contribution in [-0.4, -0.2) is 52.8 Å². The highest BCUT2D eigenvalue weighted by molar-refractivity contribution is 5.96. The number of nitrogens with zero attached hydrogens (tertiary/aromatic N) is 5. The summed E-state index contributed by atoms with van der Waals surface area (Å²) in [6, 6.07) is 1.84. The highest BCUT2D eigenvalue weighted by Gasteiger charge is 2.19. The van der Waals surface area contributed by atoms with Gasteiger partial charge in [0, 0.05) is 19.3 Å². The molecule has 3 aromatic rings. The zero-order valence-corrected chi connectivity index (χ0v) is 14.4. The van der Waals surface area contributed by atoms with Crippen LogP contribution in [0.5, 0.6) is 17.2 Å². The summed E-state index contributed by atoms with van der Waals surface area (Å²) in [6.07, 6.45) is 5.87. The molecule has 2 heterocycles. The highest BCUT2D eigenvalue weighted by atomic mass is 16.5. The van der Waals surface area contributed by atoms with Crippen LogP contribution in [0.15, 0.2) is 24.8 Å². The van der Waals surface area contributed by atoms with Crippen LogP contribution in [0, 0.1) is 0 Å². The van der Waals surface area contributed by atoms with Gasteiger partial charge in [0.05, 0.1) is 32.9 Å². The number of ether oxygens (including phenoxy) is 3. The Balaban J connectivity index is 1.85. The van der Waals surface area contributed by atoms with E-state index in [0.29, 0.717) is 28.6 Å². The summed E-state index contributed by atoms with van der Waals surface area (Å²) in [6.45, 7) is 1.50. The molecule has 0 fully saturated rings. The van der Waals surface area contributed by atoms with Crippen LogP contribution in [0.4, 0.5) is 5.82 Å². The van der Waals surface area contributed by atoms with Gasteiger partial charge < -0.3 is 19.5 Å². The molecular weight excluding hydrogens is 324 g/mol. The zero-order chi connectivity index (χ0) is 17.6. The largest absolute Gasteiger partial charge is 0.493 e. The fourth-order valence-corrected chi connectivity index (χ4v) is 2.60. The van der Waals surface area contributed by atoms with Crippen LogP contribution in [0.1, 0.15) is 6.42 Å².